The molecule has 0 radical (unpaired) electrons. The zero-order chi connectivity index (χ0) is 40.1. The average Bonchev–Trinajstić information content (AvgIpc) is 3.05. The third-order valence-electron chi connectivity index (χ3n) is 8.33. The Labute approximate surface area is 306 Å². The maximum Gasteiger partial charge on any atom is 0.326 e. The molecule has 0 unspecified atom stereocenters. The van der Waals surface area contributed by atoms with Crippen LogP contribution in [0.25, 0.3) is 0 Å². The van der Waals surface area contributed by atoms with Crippen molar-refractivity contribution in [3.8, 4) is 0 Å². The predicted octanol–water partition coefficient (Wildman–Crippen LogP) is -2.37. The molecule has 0 saturated heterocycles. The lowest BCUT2D eigenvalue weighted by Crippen LogP contribution is -2.60. The summed E-state index contributed by atoms with van der Waals surface area (Å²) in [7, 11) is 0. The maximum atomic E-state index is 13.8. The molecule has 0 heterocycles. The second kappa shape index (κ2) is 24.6. The van der Waals surface area contributed by atoms with Crippen LogP contribution in [0.1, 0.15) is 92.9 Å². The summed E-state index contributed by atoms with van der Waals surface area (Å²) in [5, 5.41) is 22.4. The Morgan fingerprint density at radius 3 is 1.63 bits per heavy atom. The van der Waals surface area contributed by atoms with Gasteiger partial charge < -0.3 is 60.4 Å². The van der Waals surface area contributed by atoms with Crippen molar-refractivity contribution in [3.63, 3.8) is 0 Å². The number of nitrogens with one attached hydrogen (secondary N) is 5. The van der Waals surface area contributed by atoms with Crippen LogP contribution in [0, 0.1) is 17.8 Å². The lowest BCUT2D eigenvalue weighted by molar-refractivity contribution is -0.144. The molecule has 0 bridgehead atoms. The molecular weight excluding hydrogens is 678 g/mol. The van der Waals surface area contributed by atoms with Crippen molar-refractivity contribution in [2.75, 3.05) is 13.1 Å². The second-order valence-electron chi connectivity index (χ2n) is 13.8. The van der Waals surface area contributed by atoms with Gasteiger partial charge in [0, 0.05) is 6.54 Å². The van der Waals surface area contributed by atoms with E-state index in [1.165, 1.54) is 0 Å². The van der Waals surface area contributed by atoms with Gasteiger partial charge in [-0.25, -0.2) is 4.79 Å². The number of carbonyl (C=O) groups is 7. The smallest absolute Gasteiger partial charge is 0.326 e. The summed E-state index contributed by atoms with van der Waals surface area (Å²) in [5.41, 5.74) is 27.7. The number of aliphatic imine (C=N–C) groups is 1. The molecular formula is C33H63N11O8. The fourth-order valence-corrected chi connectivity index (χ4v) is 4.97. The first-order chi connectivity index (χ1) is 24.2. The van der Waals surface area contributed by atoms with Gasteiger partial charge in [0.1, 0.15) is 30.2 Å². The van der Waals surface area contributed by atoms with Crippen molar-refractivity contribution >= 4 is 47.4 Å². The van der Waals surface area contributed by atoms with Crippen LogP contribution in [0.3, 0.4) is 0 Å². The summed E-state index contributed by atoms with van der Waals surface area (Å²) < 4.78 is 0. The maximum absolute atomic E-state index is 13.8. The van der Waals surface area contributed by atoms with Gasteiger partial charge in [0.2, 0.25) is 35.4 Å². The minimum Gasteiger partial charge on any atom is -0.480 e. The van der Waals surface area contributed by atoms with Gasteiger partial charge in [0.05, 0.1) is 12.5 Å². The van der Waals surface area contributed by atoms with E-state index >= 15 is 0 Å². The van der Waals surface area contributed by atoms with Crippen LogP contribution in [0.5, 0.6) is 0 Å². The predicted molar refractivity (Wildman–Crippen MR) is 196 cm³/mol. The number of primary amides is 1. The number of carbonyl (C=O) groups excluding carboxylic acids is 6. The van der Waals surface area contributed by atoms with Crippen LogP contribution in [-0.2, 0) is 33.6 Å². The number of nitrogens with two attached hydrogens (primary N) is 5. The number of hydrogen-bond acceptors (Lipinski definition) is 10. The third kappa shape index (κ3) is 18.6. The van der Waals surface area contributed by atoms with E-state index in [4.69, 9.17) is 28.7 Å². The number of amides is 6. The van der Waals surface area contributed by atoms with Gasteiger partial charge in [0.15, 0.2) is 5.96 Å². The molecule has 7 atom stereocenters. The average molecular weight is 742 g/mol. The normalized spacial score (nSPS) is 15.2. The molecule has 19 heteroatoms. The summed E-state index contributed by atoms with van der Waals surface area (Å²) in [4.78, 5) is 94.2. The number of nitrogens with zero attached hydrogens (tertiary/aromatic N) is 1. The van der Waals surface area contributed by atoms with Crippen molar-refractivity contribution in [2.24, 2.45) is 51.4 Å². The van der Waals surface area contributed by atoms with E-state index in [9.17, 15) is 38.7 Å². The number of unbranched alkanes of at least 4 members (excludes halogenated alkanes) is 1. The van der Waals surface area contributed by atoms with Crippen LogP contribution in [0.2, 0.25) is 0 Å². The molecule has 16 N–H and O–H groups in total. The molecule has 298 valence electrons. The Bertz CT molecular complexity index is 1230. The fraction of sp³-hybridized carbons (Fsp3) is 0.758. The molecule has 52 heavy (non-hydrogen) atoms. The van der Waals surface area contributed by atoms with Gasteiger partial charge in [-0.3, -0.25) is 33.8 Å². The van der Waals surface area contributed by atoms with Gasteiger partial charge in [-0.2, -0.15) is 0 Å². The number of carboxylic acids is 1. The highest BCUT2D eigenvalue weighted by atomic mass is 16.4. The van der Waals surface area contributed by atoms with Gasteiger partial charge in [-0.15, -0.1) is 0 Å². The summed E-state index contributed by atoms with van der Waals surface area (Å²) in [6, 6.07) is -7.15. The van der Waals surface area contributed by atoms with Crippen molar-refractivity contribution in [1.29, 1.82) is 0 Å². The van der Waals surface area contributed by atoms with Crippen LogP contribution >= 0.6 is 0 Å². The highest BCUT2D eigenvalue weighted by molar-refractivity contribution is 5.96. The van der Waals surface area contributed by atoms with E-state index in [1.54, 1.807) is 27.7 Å². The highest BCUT2D eigenvalue weighted by Crippen LogP contribution is 2.13. The first-order valence-corrected chi connectivity index (χ1v) is 17.8. The molecule has 0 aromatic carbocycles. The zero-order valence-electron chi connectivity index (χ0n) is 31.4. The molecule has 0 aliphatic rings. The summed E-state index contributed by atoms with van der Waals surface area (Å²) in [6.07, 6.45) is 1.49. The van der Waals surface area contributed by atoms with Crippen LogP contribution < -0.4 is 55.3 Å². The molecule has 0 saturated carbocycles. The van der Waals surface area contributed by atoms with E-state index in [1.807, 2.05) is 13.8 Å². The molecule has 0 aliphatic carbocycles. The SMILES string of the molecule is CC[C@H](C)[C@H](NC(=O)[C@H](CC(C)C)NC(=O)[C@H](CCCN=C(N)N)NC(=O)[C@H](CCCCN)NC(=O)[C@@H](N)C(C)C)C(=O)N[C@@H](CC(N)=O)C(=O)O. The van der Waals surface area contributed by atoms with E-state index < -0.39 is 90.0 Å². The second-order valence-corrected chi connectivity index (χ2v) is 13.8. The Hall–Kier alpha value is -4.52. The highest BCUT2D eigenvalue weighted by Gasteiger charge is 2.35. The number of hydrogen-bond donors (Lipinski definition) is 11. The van der Waals surface area contributed by atoms with E-state index in [0.29, 0.717) is 25.8 Å². The first-order valence-electron chi connectivity index (χ1n) is 17.8. The van der Waals surface area contributed by atoms with E-state index in [0.717, 1.165) is 0 Å². The molecule has 19 nitrogen and oxygen atoms in total. The minimum atomic E-state index is -1.62. The standard InChI is InChI=1S/C33H63N11O8/c1-7-19(6)26(31(50)43-23(32(51)52)16-24(35)45)44-29(48)22(15-17(2)3)42-28(47)21(12-10-14-39-33(37)38)40-27(46)20(11-8-9-13-34)41-30(49)25(36)18(4)5/h17-23,25-26H,7-16,34,36H2,1-6H3,(H2,35,45)(H,40,46)(H,41,49)(H,42,47)(H,43,50)(H,44,48)(H,51,52)(H4,37,38,39)/t19-,20-,21-,22-,23-,25-,26-/m0/s1. The number of carboxylic acid groups (broad SMARTS) is 1. The van der Waals surface area contributed by atoms with Crippen molar-refractivity contribution in [3.05, 3.63) is 0 Å². The Balaban J connectivity index is 6.37. The Morgan fingerprint density at radius 1 is 0.673 bits per heavy atom. The van der Waals surface area contributed by atoms with Crippen molar-refractivity contribution < 1.29 is 38.7 Å². The molecule has 0 spiro atoms. The summed E-state index contributed by atoms with van der Waals surface area (Å²) in [6.45, 7) is 11.1. The fourth-order valence-electron chi connectivity index (χ4n) is 4.97. The largest absolute Gasteiger partial charge is 0.480 e. The molecule has 0 aliphatic heterocycles. The van der Waals surface area contributed by atoms with E-state index in [-0.39, 0.29) is 50.0 Å². The lowest BCUT2D eigenvalue weighted by atomic mass is 9.96. The topological polar surface area (TPSA) is 342 Å². The first kappa shape index (κ1) is 47.5. The van der Waals surface area contributed by atoms with Crippen molar-refractivity contribution in [1.82, 2.24) is 26.6 Å². The van der Waals surface area contributed by atoms with Crippen LogP contribution in [0.4, 0.5) is 0 Å². The minimum absolute atomic E-state index is 0.0493. The molecule has 0 rings (SSSR count). The van der Waals surface area contributed by atoms with Gasteiger partial charge in [0.25, 0.3) is 0 Å². The summed E-state index contributed by atoms with van der Waals surface area (Å²) >= 11 is 0. The quantitative estimate of drug-likeness (QED) is 0.0252. The van der Waals surface area contributed by atoms with Gasteiger partial charge in [-0.1, -0.05) is 48.0 Å². The van der Waals surface area contributed by atoms with Crippen LogP contribution in [-0.4, -0.2) is 102 Å². The van der Waals surface area contributed by atoms with Crippen LogP contribution in [0.15, 0.2) is 4.99 Å². The monoisotopic (exact) mass is 741 g/mol. The van der Waals surface area contributed by atoms with Crippen molar-refractivity contribution in [2.45, 2.75) is 129 Å². The molecule has 0 aromatic heterocycles. The van der Waals surface area contributed by atoms with Gasteiger partial charge in [-0.05, 0) is 62.8 Å². The number of rotatable bonds is 26. The lowest BCUT2D eigenvalue weighted by Gasteiger charge is -2.29. The Morgan fingerprint density at radius 2 is 1.17 bits per heavy atom. The molecule has 6 amide bonds. The van der Waals surface area contributed by atoms with Gasteiger partial charge >= 0.3 is 5.97 Å². The molecule has 0 aromatic rings. The zero-order valence-corrected chi connectivity index (χ0v) is 31.4. The number of aliphatic carboxylic acids is 1. The Kier molecular flexibility index (Phi) is 22.5. The van der Waals surface area contributed by atoms with E-state index in [2.05, 4.69) is 31.6 Å². The third-order valence-corrected chi connectivity index (χ3v) is 8.33. The summed E-state index contributed by atoms with van der Waals surface area (Å²) in [5.74, 6) is -6.89. The molecule has 0 fully saturated rings. The number of guanidine groups is 1.